The van der Waals surface area contributed by atoms with Gasteiger partial charge in [-0.1, -0.05) is 12.1 Å². The largest absolute Gasteiger partial charge is 0.485 e. The highest BCUT2D eigenvalue weighted by atomic mass is 19.1. The Labute approximate surface area is 193 Å². The van der Waals surface area contributed by atoms with Crippen molar-refractivity contribution in [2.45, 2.75) is 57.2 Å². The molecule has 5 rings (SSSR count). The van der Waals surface area contributed by atoms with Gasteiger partial charge in [0.05, 0.1) is 12.2 Å². The molecule has 1 amide bonds. The fourth-order valence-corrected chi connectivity index (χ4v) is 5.12. The normalized spacial score (nSPS) is 22.5. The molecule has 33 heavy (non-hydrogen) atoms. The van der Waals surface area contributed by atoms with Gasteiger partial charge in [0.25, 0.3) is 5.91 Å². The first kappa shape index (κ1) is 22.1. The molecule has 7 nitrogen and oxygen atoms in total. The third kappa shape index (κ3) is 4.81. The summed E-state index contributed by atoms with van der Waals surface area (Å²) in [5.74, 6) is 0.520. The molecule has 3 aliphatic heterocycles. The number of ether oxygens (including phenoxy) is 2. The van der Waals surface area contributed by atoms with Crippen molar-refractivity contribution in [3.63, 3.8) is 0 Å². The molecule has 3 saturated heterocycles. The van der Waals surface area contributed by atoms with E-state index in [0.29, 0.717) is 37.8 Å². The molecule has 0 radical (unpaired) electrons. The summed E-state index contributed by atoms with van der Waals surface area (Å²) in [7, 11) is 0. The third-order valence-electron chi connectivity index (χ3n) is 6.97. The smallest absolute Gasteiger partial charge is 0.272 e. The second-order valence-corrected chi connectivity index (χ2v) is 9.40. The number of nitrogens with zero attached hydrogens (tertiary/aromatic N) is 4. The number of hydrogen-bond donors (Lipinski definition) is 0. The first-order valence-electron chi connectivity index (χ1n) is 12.0. The molecular weight excluding hydrogens is 423 g/mol. The quantitative estimate of drug-likeness (QED) is 0.701. The Morgan fingerprint density at radius 3 is 2.64 bits per heavy atom. The number of likely N-dealkylation sites (tertiary alicyclic amines) is 1. The van der Waals surface area contributed by atoms with Gasteiger partial charge in [-0.3, -0.25) is 4.79 Å². The Hall–Kier alpha value is -2.74. The Morgan fingerprint density at radius 1 is 1.12 bits per heavy atom. The van der Waals surface area contributed by atoms with Crippen LogP contribution in [0.5, 0.6) is 5.75 Å². The highest BCUT2D eigenvalue weighted by Crippen LogP contribution is 2.38. The number of aryl methyl sites for hydroxylation is 1. The summed E-state index contributed by atoms with van der Waals surface area (Å²) in [4.78, 5) is 26.5. The van der Waals surface area contributed by atoms with Crippen LogP contribution >= 0.6 is 0 Å². The Morgan fingerprint density at radius 2 is 1.88 bits per heavy atom. The number of carbonyl (C=O) groups excluding carboxylic acids is 1. The van der Waals surface area contributed by atoms with Crippen LogP contribution in [0.15, 0.2) is 30.3 Å². The van der Waals surface area contributed by atoms with Gasteiger partial charge in [0.2, 0.25) is 5.95 Å². The van der Waals surface area contributed by atoms with Gasteiger partial charge in [0.1, 0.15) is 11.8 Å². The average molecular weight is 455 g/mol. The van der Waals surface area contributed by atoms with Gasteiger partial charge < -0.3 is 19.3 Å². The van der Waals surface area contributed by atoms with Gasteiger partial charge in [-0.25, -0.2) is 14.4 Å². The summed E-state index contributed by atoms with van der Waals surface area (Å²) in [5.41, 5.74) is 0.967. The Kier molecular flexibility index (Phi) is 6.19. The number of rotatable bonds is 4. The van der Waals surface area contributed by atoms with Crippen molar-refractivity contribution in [1.29, 1.82) is 0 Å². The zero-order valence-corrected chi connectivity index (χ0v) is 19.1. The van der Waals surface area contributed by atoms with Gasteiger partial charge in [0.15, 0.2) is 11.6 Å². The minimum absolute atomic E-state index is 0.0502. The van der Waals surface area contributed by atoms with Crippen molar-refractivity contribution in [2.75, 3.05) is 37.7 Å². The molecule has 0 saturated carbocycles. The predicted molar refractivity (Wildman–Crippen MR) is 122 cm³/mol. The van der Waals surface area contributed by atoms with E-state index in [9.17, 15) is 9.18 Å². The number of halogens is 1. The van der Waals surface area contributed by atoms with Crippen LogP contribution < -0.4 is 9.64 Å². The number of amides is 1. The number of anilines is 1. The first-order chi connectivity index (χ1) is 16.0. The van der Waals surface area contributed by atoms with Crippen LogP contribution in [-0.4, -0.2) is 65.3 Å². The monoisotopic (exact) mass is 454 g/mol. The van der Waals surface area contributed by atoms with Gasteiger partial charge >= 0.3 is 0 Å². The van der Waals surface area contributed by atoms with Crippen LogP contribution in [0.4, 0.5) is 10.3 Å². The standard InChI is InChI=1S/C25H31FN4O3/c1-18-15-21(28-24(27-18)30-11-5-2-6-12-30)23(31)29-13-9-25(10-14-29)16-19(17-32-25)33-22-8-4-3-7-20(22)26/h3-4,7-8,15,19H,2,5-6,9-14,16-17H2,1H3/t19-/m1/s1. The lowest BCUT2D eigenvalue weighted by atomic mass is 9.88. The van der Waals surface area contributed by atoms with E-state index in [4.69, 9.17) is 9.47 Å². The third-order valence-corrected chi connectivity index (χ3v) is 6.97. The summed E-state index contributed by atoms with van der Waals surface area (Å²) in [5, 5.41) is 0. The lowest BCUT2D eigenvalue weighted by Crippen LogP contribution is -2.47. The Balaban J connectivity index is 1.20. The number of carbonyl (C=O) groups is 1. The van der Waals surface area contributed by atoms with Gasteiger partial charge in [-0.05, 0) is 57.2 Å². The summed E-state index contributed by atoms with van der Waals surface area (Å²) in [6, 6.07) is 8.24. The summed E-state index contributed by atoms with van der Waals surface area (Å²) < 4.78 is 25.9. The molecule has 0 bridgehead atoms. The molecule has 4 heterocycles. The Bertz CT molecular complexity index is 1000. The summed E-state index contributed by atoms with van der Waals surface area (Å²) in [6.07, 6.45) is 5.50. The van der Waals surface area contributed by atoms with Crippen molar-refractivity contribution in [3.8, 4) is 5.75 Å². The van der Waals surface area contributed by atoms with Crippen LogP contribution in [0, 0.1) is 12.7 Å². The molecule has 8 heteroatoms. The molecule has 1 spiro atoms. The maximum Gasteiger partial charge on any atom is 0.272 e. The number of piperidine rings is 2. The molecule has 176 valence electrons. The zero-order chi connectivity index (χ0) is 22.8. The number of benzene rings is 1. The van der Waals surface area contributed by atoms with E-state index < -0.39 is 0 Å². The van der Waals surface area contributed by atoms with E-state index in [1.807, 2.05) is 11.8 Å². The zero-order valence-electron chi connectivity index (χ0n) is 19.1. The fraction of sp³-hybridized carbons (Fsp3) is 0.560. The minimum atomic E-state index is -0.358. The number of para-hydroxylation sites is 1. The molecule has 3 aliphatic rings. The number of hydrogen-bond acceptors (Lipinski definition) is 6. The molecule has 0 unspecified atom stereocenters. The molecule has 1 aromatic heterocycles. The van der Waals surface area contributed by atoms with E-state index in [-0.39, 0.29) is 29.2 Å². The fourth-order valence-electron chi connectivity index (χ4n) is 5.12. The maximum atomic E-state index is 13.9. The molecule has 3 fully saturated rings. The molecule has 1 aromatic carbocycles. The maximum absolute atomic E-state index is 13.9. The first-order valence-corrected chi connectivity index (χ1v) is 12.0. The lowest BCUT2D eigenvalue weighted by molar-refractivity contribution is -0.0396. The van der Waals surface area contributed by atoms with Crippen molar-refractivity contribution >= 4 is 11.9 Å². The molecule has 0 aliphatic carbocycles. The van der Waals surface area contributed by atoms with Crippen molar-refractivity contribution < 1.29 is 18.7 Å². The van der Waals surface area contributed by atoms with E-state index in [1.54, 1.807) is 24.3 Å². The highest BCUT2D eigenvalue weighted by molar-refractivity contribution is 5.92. The SMILES string of the molecule is Cc1cc(C(=O)N2CCC3(CC2)C[C@@H](Oc2ccccc2F)CO3)nc(N2CCCCC2)n1. The van der Waals surface area contributed by atoms with Crippen LogP contribution in [0.1, 0.15) is 54.7 Å². The molecule has 1 atom stereocenters. The topological polar surface area (TPSA) is 67.8 Å². The van der Waals surface area contributed by atoms with Crippen LogP contribution in [0.2, 0.25) is 0 Å². The van der Waals surface area contributed by atoms with E-state index >= 15 is 0 Å². The van der Waals surface area contributed by atoms with Crippen molar-refractivity contribution in [1.82, 2.24) is 14.9 Å². The van der Waals surface area contributed by atoms with E-state index in [0.717, 1.165) is 44.5 Å². The van der Waals surface area contributed by atoms with Crippen LogP contribution in [0.25, 0.3) is 0 Å². The number of aromatic nitrogens is 2. The van der Waals surface area contributed by atoms with Crippen molar-refractivity contribution in [2.24, 2.45) is 0 Å². The van der Waals surface area contributed by atoms with E-state index in [2.05, 4.69) is 14.9 Å². The predicted octanol–water partition coefficient (Wildman–Crippen LogP) is 3.76. The molecule has 0 N–H and O–H groups in total. The van der Waals surface area contributed by atoms with Crippen molar-refractivity contribution in [3.05, 3.63) is 47.5 Å². The second-order valence-electron chi connectivity index (χ2n) is 9.40. The van der Waals surface area contributed by atoms with Gasteiger partial charge in [-0.2, -0.15) is 0 Å². The minimum Gasteiger partial charge on any atom is -0.485 e. The summed E-state index contributed by atoms with van der Waals surface area (Å²) in [6.45, 7) is 5.44. The van der Waals surface area contributed by atoms with Crippen LogP contribution in [-0.2, 0) is 4.74 Å². The molecular formula is C25H31FN4O3. The average Bonchev–Trinajstić information content (AvgIpc) is 3.22. The lowest BCUT2D eigenvalue weighted by Gasteiger charge is -2.38. The molecule has 2 aromatic rings. The van der Waals surface area contributed by atoms with Gasteiger partial charge in [0, 0.05) is 38.3 Å². The second kappa shape index (κ2) is 9.25. The highest BCUT2D eigenvalue weighted by Gasteiger charge is 2.44. The summed E-state index contributed by atoms with van der Waals surface area (Å²) >= 11 is 0. The van der Waals surface area contributed by atoms with Crippen LogP contribution in [0.3, 0.4) is 0 Å². The van der Waals surface area contributed by atoms with E-state index in [1.165, 1.54) is 12.5 Å². The van der Waals surface area contributed by atoms with Gasteiger partial charge in [-0.15, -0.1) is 0 Å².